The molecule has 1 N–H and O–H groups in total. The van der Waals surface area contributed by atoms with Crippen LogP contribution < -0.4 is 9.47 Å². The molecule has 3 aromatic rings. The molecule has 0 aliphatic rings. The second-order valence-corrected chi connectivity index (χ2v) is 5.48. The van der Waals surface area contributed by atoms with E-state index in [0.29, 0.717) is 11.4 Å². The minimum atomic E-state index is -0.623. The highest BCUT2D eigenvalue weighted by molar-refractivity contribution is 6.07. The van der Waals surface area contributed by atoms with E-state index >= 15 is 0 Å². The van der Waals surface area contributed by atoms with Gasteiger partial charge in [-0.2, -0.15) is 5.10 Å². The molecule has 0 saturated heterocycles. The van der Waals surface area contributed by atoms with Gasteiger partial charge >= 0.3 is 0 Å². The fourth-order valence-corrected chi connectivity index (χ4v) is 2.41. The number of carbonyl (C=O) groups is 1. The number of methoxy groups -OCH3 is 2. The van der Waals surface area contributed by atoms with Crippen LogP contribution in [0.15, 0.2) is 54.6 Å². The van der Waals surface area contributed by atoms with Gasteiger partial charge in [-0.25, -0.2) is 4.39 Å². The number of benzene rings is 2. The quantitative estimate of drug-likeness (QED) is 0.535. The van der Waals surface area contributed by atoms with Crippen molar-refractivity contribution in [1.82, 2.24) is 10.2 Å². The van der Waals surface area contributed by atoms with Crippen LogP contribution in [0.25, 0.3) is 17.3 Å². The summed E-state index contributed by atoms with van der Waals surface area (Å²) < 4.78 is 24.0. The third kappa shape index (κ3) is 3.80. The average molecular weight is 352 g/mol. The van der Waals surface area contributed by atoms with Crippen LogP contribution in [0.4, 0.5) is 4.39 Å². The lowest BCUT2D eigenvalue weighted by molar-refractivity contribution is 0.104. The smallest absolute Gasteiger partial charge is 0.188 e. The van der Waals surface area contributed by atoms with Crippen molar-refractivity contribution in [2.45, 2.75) is 0 Å². The van der Waals surface area contributed by atoms with E-state index in [-0.39, 0.29) is 5.56 Å². The fourth-order valence-electron chi connectivity index (χ4n) is 2.41. The van der Waals surface area contributed by atoms with Crippen LogP contribution in [-0.2, 0) is 0 Å². The Morgan fingerprint density at radius 1 is 1.04 bits per heavy atom. The van der Waals surface area contributed by atoms with Crippen LogP contribution in [0.3, 0.4) is 0 Å². The number of ketones is 1. The Hall–Kier alpha value is -3.41. The molecular formula is C20H17FN2O3. The minimum absolute atomic E-state index is 0.0167. The first-order valence-corrected chi connectivity index (χ1v) is 7.86. The molecule has 0 aliphatic carbocycles. The van der Waals surface area contributed by atoms with Crippen LogP contribution in [0.1, 0.15) is 16.1 Å². The maximum Gasteiger partial charge on any atom is 0.188 e. The Kier molecular flexibility index (Phi) is 5.12. The van der Waals surface area contributed by atoms with Gasteiger partial charge in [-0.05, 0) is 54.6 Å². The van der Waals surface area contributed by atoms with Crippen LogP contribution in [-0.4, -0.2) is 30.2 Å². The molecule has 0 aliphatic heterocycles. The molecule has 6 heteroatoms. The summed E-state index contributed by atoms with van der Waals surface area (Å²) in [7, 11) is 3.05. The van der Waals surface area contributed by atoms with Crippen molar-refractivity contribution in [3.63, 3.8) is 0 Å². The zero-order chi connectivity index (χ0) is 18.5. The summed E-state index contributed by atoms with van der Waals surface area (Å²) in [5, 5.41) is 7.05. The van der Waals surface area contributed by atoms with E-state index in [2.05, 4.69) is 10.2 Å². The Morgan fingerprint density at radius 3 is 2.38 bits per heavy atom. The second kappa shape index (κ2) is 7.65. The van der Waals surface area contributed by atoms with Gasteiger partial charge in [-0.3, -0.25) is 9.89 Å². The third-order valence-corrected chi connectivity index (χ3v) is 3.84. The summed E-state index contributed by atoms with van der Waals surface area (Å²) in [6.45, 7) is 0. The molecule has 132 valence electrons. The van der Waals surface area contributed by atoms with Crippen LogP contribution in [0.2, 0.25) is 0 Å². The van der Waals surface area contributed by atoms with E-state index in [1.165, 1.54) is 25.3 Å². The molecular weight excluding hydrogens is 335 g/mol. The van der Waals surface area contributed by atoms with Crippen molar-refractivity contribution in [2.75, 3.05) is 14.2 Å². The summed E-state index contributed by atoms with van der Waals surface area (Å²) in [5.41, 5.74) is 2.26. The fraction of sp³-hybridized carbons (Fsp3) is 0.100. The summed E-state index contributed by atoms with van der Waals surface area (Å²) >= 11 is 0. The summed E-state index contributed by atoms with van der Waals surface area (Å²) in [4.78, 5) is 12.2. The normalized spacial score (nSPS) is 10.9. The van der Waals surface area contributed by atoms with Crippen molar-refractivity contribution in [3.8, 4) is 22.8 Å². The van der Waals surface area contributed by atoms with Gasteiger partial charge in [0.2, 0.25) is 0 Å². The molecule has 0 fully saturated rings. The molecule has 26 heavy (non-hydrogen) atoms. The second-order valence-electron chi connectivity index (χ2n) is 5.48. The number of nitrogens with one attached hydrogen (secondary N) is 1. The summed E-state index contributed by atoms with van der Waals surface area (Å²) in [5.74, 6) is 0.0607. The molecule has 0 bridgehead atoms. The number of hydrogen-bond acceptors (Lipinski definition) is 4. The van der Waals surface area contributed by atoms with Crippen LogP contribution in [0, 0.1) is 5.82 Å². The third-order valence-electron chi connectivity index (χ3n) is 3.84. The molecule has 0 saturated carbocycles. The molecule has 0 spiro atoms. The maximum atomic E-state index is 13.9. The van der Waals surface area contributed by atoms with Gasteiger partial charge in [0.1, 0.15) is 17.3 Å². The standard InChI is InChI=1S/C20H17FN2O3/c1-25-15-6-3-13(4-7-15)19-11-14(22-23-19)5-10-20(24)17-9-8-16(26-2)12-18(17)21/h3-12H,1-2H3,(H,22,23). The number of aromatic nitrogens is 2. The van der Waals surface area contributed by atoms with Crippen LogP contribution in [0.5, 0.6) is 11.5 Å². The first-order chi connectivity index (χ1) is 12.6. The van der Waals surface area contributed by atoms with Gasteiger partial charge in [-0.1, -0.05) is 0 Å². The zero-order valence-electron chi connectivity index (χ0n) is 14.3. The Bertz CT molecular complexity index is 946. The Morgan fingerprint density at radius 2 is 1.73 bits per heavy atom. The van der Waals surface area contributed by atoms with E-state index in [4.69, 9.17) is 9.47 Å². The number of halogens is 1. The molecule has 5 nitrogen and oxygen atoms in total. The number of ether oxygens (including phenoxy) is 2. The topological polar surface area (TPSA) is 64.2 Å². The summed E-state index contributed by atoms with van der Waals surface area (Å²) in [6.07, 6.45) is 2.86. The predicted molar refractivity (Wildman–Crippen MR) is 96.9 cm³/mol. The van der Waals surface area contributed by atoms with E-state index in [1.54, 1.807) is 25.3 Å². The van der Waals surface area contributed by atoms with Crippen LogP contribution >= 0.6 is 0 Å². The van der Waals surface area contributed by atoms with E-state index in [9.17, 15) is 9.18 Å². The average Bonchev–Trinajstić information content (AvgIpc) is 3.15. The molecule has 0 unspecified atom stereocenters. The van der Waals surface area contributed by atoms with E-state index < -0.39 is 11.6 Å². The van der Waals surface area contributed by atoms with Crippen molar-refractivity contribution in [2.24, 2.45) is 0 Å². The molecule has 3 rings (SSSR count). The molecule has 0 atom stereocenters. The largest absolute Gasteiger partial charge is 0.497 e. The van der Waals surface area contributed by atoms with Gasteiger partial charge in [0.25, 0.3) is 0 Å². The van der Waals surface area contributed by atoms with Crippen molar-refractivity contribution in [3.05, 3.63) is 71.7 Å². The van der Waals surface area contributed by atoms with Gasteiger partial charge in [0.05, 0.1) is 31.2 Å². The first-order valence-electron chi connectivity index (χ1n) is 7.86. The van der Waals surface area contributed by atoms with Crippen molar-refractivity contribution < 1.29 is 18.7 Å². The lowest BCUT2D eigenvalue weighted by Crippen LogP contribution is -1.99. The monoisotopic (exact) mass is 352 g/mol. The zero-order valence-corrected chi connectivity index (χ0v) is 14.3. The highest BCUT2D eigenvalue weighted by atomic mass is 19.1. The minimum Gasteiger partial charge on any atom is -0.497 e. The summed E-state index contributed by atoms with van der Waals surface area (Å²) in [6, 6.07) is 13.4. The number of rotatable bonds is 6. The Labute approximate surface area is 150 Å². The highest BCUT2D eigenvalue weighted by Crippen LogP contribution is 2.22. The molecule has 0 radical (unpaired) electrons. The molecule has 1 aromatic heterocycles. The lowest BCUT2D eigenvalue weighted by Gasteiger charge is -2.02. The van der Waals surface area contributed by atoms with Gasteiger partial charge in [0.15, 0.2) is 5.78 Å². The van der Waals surface area contributed by atoms with Crippen molar-refractivity contribution >= 4 is 11.9 Å². The number of H-pyrrole nitrogens is 1. The Balaban J connectivity index is 1.74. The van der Waals surface area contributed by atoms with E-state index in [1.807, 2.05) is 24.3 Å². The van der Waals surface area contributed by atoms with E-state index in [0.717, 1.165) is 17.0 Å². The SMILES string of the molecule is COc1ccc(-c2cc(C=CC(=O)c3ccc(OC)cc3F)[nH]n2)cc1. The first kappa shape index (κ1) is 17.4. The molecule has 1 heterocycles. The van der Waals surface area contributed by atoms with Gasteiger partial charge < -0.3 is 9.47 Å². The predicted octanol–water partition coefficient (Wildman–Crippen LogP) is 4.13. The van der Waals surface area contributed by atoms with Gasteiger partial charge in [0, 0.05) is 11.6 Å². The highest BCUT2D eigenvalue weighted by Gasteiger charge is 2.10. The number of hydrogen-bond donors (Lipinski definition) is 1. The van der Waals surface area contributed by atoms with Gasteiger partial charge in [-0.15, -0.1) is 0 Å². The number of aromatic amines is 1. The number of carbonyl (C=O) groups excluding carboxylic acids is 1. The maximum absolute atomic E-state index is 13.9. The number of nitrogens with zero attached hydrogens (tertiary/aromatic N) is 1. The molecule has 2 aromatic carbocycles. The lowest BCUT2D eigenvalue weighted by atomic mass is 10.1. The van der Waals surface area contributed by atoms with Crippen molar-refractivity contribution in [1.29, 1.82) is 0 Å². The molecule has 0 amide bonds. The number of allylic oxidation sites excluding steroid dienone is 1.